The molecule has 1 saturated heterocycles. The van der Waals surface area contributed by atoms with Crippen LogP contribution in [-0.4, -0.2) is 64.4 Å². The van der Waals surface area contributed by atoms with Gasteiger partial charge in [0.05, 0.1) is 12.9 Å². The molecule has 3 rings (SSSR count). The van der Waals surface area contributed by atoms with Gasteiger partial charge in [0.25, 0.3) is 0 Å². The van der Waals surface area contributed by atoms with Gasteiger partial charge in [0, 0.05) is 0 Å². The smallest absolute Gasteiger partial charge is 0.387 e. The number of ether oxygens (including phenoxy) is 1. The molecule has 0 amide bonds. The van der Waals surface area contributed by atoms with Crippen LogP contribution in [0.2, 0.25) is 0 Å². The van der Waals surface area contributed by atoms with Crippen molar-refractivity contribution >= 4 is 37.2 Å². The van der Waals surface area contributed by atoms with Crippen molar-refractivity contribution in [3.63, 3.8) is 0 Å². The summed E-state index contributed by atoms with van der Waals surface area (Å²) in [5.74, 6) is 0.0312. The maximum Gasteiger partial charge on any atom is 0.469 e. The molecule has 132 valence electrons. The zero-order valence-corrected chi connectivity index (χ0v) is 13.6. The van der Waals surface area contributed by atoms with Crippen LogP contribution < -0.4 is 5.73 Å². The molecule has 2 aromatic rings. The average Bonchev–Trinajstić information content (AvgIpc) is 3.00. The lowest BCUT2D eigenvalue weighted by molar-refractivity contribution is -0.0503. The Morgan fingerprint density at radius 1 is 1.46 bits per heavy atom. The Labute approximate surface area is 139 Å². The predicted octanol–water partition coefficient (Wildman–Crippen LogP) is -1.20. The van der Waals surface area contributed by atoms with E-state index < -0.39 is 39.0 Å². The maximum absolute atomic E-state index is 10.8. The normalized spacial score (nSPS) is 27.8. The summed E-state index contributed by atoms with van der Waals surface area (Å²) < 4.78 is 22.0. The summed E-state index contributed by atoms with van der Waals surface area (Å²) in [5, 5.41) is 20.2. The number of aromatic nitrogens is 4. The second-order valence-electron chi connectivity index (χ2n) is 5.11. The Morgan fingerprint density at radius 3 is 2.83 bits per heavy atom. The Morgan fingerprint density at radius 2 is 2.17 bits per heavy atom. The van der Waals surface area contributed by atoms with Gasteiger partial charge < -0.3 is 35.5 Å². The number of H-pyrrole nitrogens is 1. The molecule has 12 nitrogen and oxygen atoms in total. The Hall–Kier alpha value is -1.44. The SMILES string of the molecule is Nc1nc(=S)c2ncn([C@@H]3O[C@H](COP(=O)(O)O)[C@@H](O)[C@H]3O)c2[nH]1. The van der Waals surface area contributed by atoms with E-state index in [1.54, 1.807) is 0 Å². The second kappa shape index (κ2) is 6.13. The van der Waals surface area contributed by atoms with Gasteiger partial charge in [-0.1, -0.05) is 12.2 Å². The van der Waals surface area contributed by atoms with Gasteiger partial charge in [-0.25, -0.2) is 14.5 Å². The molecule has 0 aliphatic carbocycles. The number of hydrogen-bond donors (Lipinski definition) is 6. The van der Waals surface area contributed by atoms with Gasteiger partial charge in [0.15, 0.2) is 16.8 Å². The number of aliphatic hydroxyl groups is 2. The van der Waals surface area contributed by atoms with Gasteiger partial charge >= 0.3 is 7.82 Å². The third kappa shape index (κ3) is 3.20. The van der Waals surface area contributed by atoms with Crippen LogP contribution in [0.15, 0.2) is 6.33 Å². The molecule has 3 heterocycles. The fourth-order valence-electron chi connectivity index (χ4n) is 2.41. The number of imidazole rings is 1. The quantitative estimate of drug-likeness (QED) is 0.276. The number of anilines is 1. The van der Waals surface area contributed by atoms with Crippen molar-refractivity contribution in [1.82, 2.24) is 19.5 Å². The number of phosphoric ester groups is 1. The largest absolute Gasteiger partial charge is 0.469 e. The topological polar surface area (TPSA) is 189 Å². The summed E-state index contributed by atoms with van der Waals surface area (Å²) in [6.07, 6.45) is -3.77. The molecule has 1 fully saturated rings. The highest BCUT2D eigenvalue weighted by Crippen LogP contribution is 2.38. The number of aromatic amines is 1. The van der Waals surface area contributed by atoms with Crippen LogP contribution in [-0.2, 0) is 13.8 Å². The Bertz CT molecular complexity index is 865. The van der Waals surface area contributed by atoms with Gasteiger partial charge in [-0.15, -0.1) is 0 Å². The summed E-state index contributed by atoms with van der Waals surface area (Å²) in [7, 11) is -4.73. The monoisotopic (exact) mass is 379 g/mol. The van der Waals surface area contributed by atoms with E-state index >= 15 is 0 Å². The van der Waals surface area contributed by atoms with Gasteiger partial charge in [0.1, 0.15) is 29.5 Å². The zero-order chi connectivity index (χ0) is 17.6. The van der Waals surface area contributed by atoms with Crippen molar-refractivity contribution in [2.24, 2.45) is 0 Å². The number of phosphoric acid groups is 1. The average molecular weight is 379 g/mol. The van der Waals surface area contributed by atoms with Crippen LogP contribution in [0.4, 0.5) is 5.95 Å². The minimum Gasteiger partial charge on any atom is -0.387 e. The lowest BCUT2D eigenvalue weighted by Crippen LogP contribution is -2.33. The van der Waals surface area contributed by atoms with E-state index in [1.807, 2.05) is 0 Å². The Balaban J connectivity index is 1.90. The maximum atomic E-state index is 10.8. The Kier molecular flexibility index (Phi) is 4.44. The third-order valence-electron chi connectivity index (χ3n) is 3.48. The molecule has 0 aromatic carbocycles. The second-order valence-corrected chi connectivity index (χ2v) is 6.73. The first-order valence-electron chi connectivity index (χ1n) is 6.61. The zero-order valence-electron chi connectivity index (χ0n) is 11.9. The van der Waals surface area contributed by atoms with Gasteiger partial charge in [-0.3, -0.25) is 9.09 Å². The van der Waals surface area contributed by atoms with E-state index in [4.69, 9.17) is 32.5 Å². The molecule has 7 N–H and O–H groups in total. The molecule has 0 bridgehead atoms. The van der Waals surface area contributed by atoms with Crippen LogP contribution in [0.5, 0.6) is 0 Å². The van der Waals surface area contributed by atoms with Crippen molar-refractivity contribution in [3.8, 4) is 0 Å². The third-order valence-corrected chi connectivity index (χ3v) is 4.25. The molecule has 24 heavy (non-hydrogen) atoms. The van der Waals surface area contributed by atoms with Crippen molar-refractivity contribution in [1.29, 1.82) is 0 Å². The molecular weight excluding hydrogens is 365 g/mol. The lowest BCUT2D eigenvalue weighted by atomic mass is 10.1. The molecule has 0 unspecified atom stereocenters. The summed E-state index contributed by atoms with van der Waals surface area (Å²) in [6, 6.07) is 0. The van der Waals surface area contributed by atoms with Gasteiger partial charge in [0.2, 0.25) is 0 Å². The van der Waals surface area contributed by atoms with Crippen molar-refractivity contribution in [3.05, 3.63) is 11.0 Å². The standard InChI is InChI=1S/C10H14N5O7PS/c11-10-13-7-4(8(24)14-10)12-2-15(7)9-6(17)5(16)3(22-9)1-21-23(18,19)20/h2-3,5-6,9,16-17H,1H2,(H2,18,19,20)(H3,11,13,14,24)/t3-,5-,6-,9-/m1/s1. The van der Waals surface area contributed by atoms with Crippen molar-refractivity contribution in [2.75, 3.05) is 12.3 Å². The van der Waals surface area contributed by atoms with E-state index in [0.29, 0.717) is 11.2 Å². The molecule has 1 aliphatic rings. The highest BCUT2D eigenvalue weighted by molar-refractivity contribution is 7.71. The van der Waals surface area contributed by atoms with E-state index in [0.717, 1.165) is 0 Å². The lowest BCUT2D eigenvalue weighted by Gasteiger charge is -2.17. The molecule has 4 atom stereocenters. The van der Waals surface area contributed by atoms with E-state index in [1.165, 1.54) is 10.9 Å². The van der Waals surface area contributed by atoms with Crippen LogP contribution in [0, 0.1) is 4.64 Å². The molecule has 2 aromatic heterocycles. The summed E-state index contributed by atoms with van der Waals surface area (Å²) in [6.45, 7) is -0.606. The number of hydrogen-bond acceptors (Lipinski definition) is 9. The number of nitrogens with two attached hydrogens (primary N) is 1. The molecule has 0 spiro atoms. The highest BCUT2D eigenvalue weighted by Gasteiger charge is 2.45. The number of nitrogens with one attached hydrogen (secondary N) is 1. The summed E-state index contributed by atoms with van der Waals surface area (Å²) in [4.78, 5) is 28.1. The van der Waals surface area contributed by atoms with E-state index in [2.05, 4.69) is 19.5 Å². The van der Waals surface area contributed by atoms with Crippen LogP contribution in [0.25, 0.3) is 11.2 Å². The summed E-state index contributed by atoms with van der Waals surface area (Å²) in [5.41, 5.74) is 6.24. The van der Waals surface area contributed by atoms with Crippen molar-refractivity contribution < 1.29 is 33.8 Å². The number of fused-ring (bicyclic) bond motifs is 1. The molecule has 0 saturated carbocycles. The minimum absolute atomic E-state index is 0.0312. The first-order valence-corrected chi connectivity index (χ1v) is 8.55. The highest BCUT2D eigenvalue weighted by atomic mass is 32.1. The van der Waals surface area contributed by atoms with Crippen molar-refractivity contribution in [2.45, 2.75) is 24.5 Å². The van der Waals surface area contributed by atoms with Gasteiger partial charge in [-0.2, -0.15) is 0 Å². The van der Waals surface area contributed by atoms with Gasteiger partial charge in [-0.05, 0) is 0 Å². The summed E-state index contributed by atoms with van der Waals surface area (Å²) >= 11 is 5.04. The number of nitrogen functional groups attached to an aromatic ring is 1. The van der Waals surface area contributed by atoms with Crippen LogP contribution in [0.1, 0.15) is 6.23 Å². The molecule has 1 aliphatic heterocycles. The number of aliphatic hydroxyl groups excluding tert-OH is 2. The molecular formula is C10H14N5O7PS. The minimum atomic E-state index is -4.73. The van der Waals surface area contributed by atoms with Crippen LogP contribution >= 0.6 is 20.0 Å². The number of nitrogens with zero attached hydrogens (tertiary/aromatic N) is 3. The van der Waals surface area contributed by atoms with Crippen LogP contribution in [0.3, 0.4) is 0 Å². The predicted molar refractivity (Wildman–Crippen MR) is 81.0 cm³/mol. The fraction of sp³-hybridized carbons (Fsp3) is 0.500. The molecule has 14 heteroatoms. The molecule has 0 radical (unpaired) electrons. The van der Waals surface area contributed by atoms with E-state index in [9.17, 15) is 14.8 Å². The number of rotatable bonds is 4. The fourth-order valence-corrected chi connectivity index (χ4v) is 3.00. The van der Waals surface area contributed by atoms with E-state index in [-0.39, 0.29) is 10.6 Å². The first kappa shape index (κ1) is 17.4. The first-order chi connectivity index (χ1) is 11.2.